The third-order valence-corrected chi connectivity index (χ3v) is 4.20. The van der Waals surface area contributed by atoms with Gasteiger partial charge in [-0.05, 0) is 30.4 Å². The quantitative estimate of drug-likeness (QED) is 0.623. The molecule has 1 fully saturated rings. The van der Waals surface area contributed by atoms with Crippen molar-refractivity contribution < 1.29 is 24.9 Å². The largest absolute Gasteiger partial charge is 0.504 e. The molecule has 0 bridgehead atoms. The molecule has 1 aliphatic heterocycles. The van der Waals surface area contributed by atoms with Gasteiger partial charge in [0.1, 0.15) is 0 Å². The second-order valence-electron chi connectivity index (χ2n) is 7.73. The summed E-state index contributed by atoms with van der Waals surface area (Å²) in [5.41, 5.74) is 0.0180. The second kappa shape index (κ2) is 7.21. The number of amides is 2. The summed E-state index contributed by atoms with van der Waals surface area (Å²) in [4.78, 5) is 26.3. The fourth-order valence-electron chi connectivity index (χ4n) is 2.84. The Morgan fingerprint density at radius 3 is 2.12 bits per heavy atom. The smallest absolute Gasteiger partial charge is 0.251 e. The minimum Gasteiger partial charge on any atom is -0.504 e. The summed E-state index contributed by atoms with van der Waals surface area (Å²) in [6.07, 6.45) is 1.80. The van der Waals surface area contributed by atoms with Gasteiger partial charge in [0.2, 0.25) is 5.91 Å². The van der Waals surface area contributed by atoms with E-state index in [0.717, 1.165) is 12.1 Å². The lowest BCUT2D eigenvalue weighted by Gasteiger charge is -2.34. The van der Waals surface area contributed by atoms with E-state index in [4.69, 9.17) is 0 Å². The third kappa shape index (κ3) is 5.01. The predicted octanol–water partition coefficient (Wildman–Crippen LogP) is 1.96. The number of hydrogen-bond acceptors (Lipinski definition) is 5. The number of phenolic OH excluding ortho intramolecular Hbond substituents is 3. The number of phenols is 3. The first-order valence-corrected chi connectivity index (χ1v) is 8.40. The van der Waals surface area contributed by atoms with Gasteiger partial charge in [0.15, 0.2) is 17.2 Å². The van der Waals surface area contributed by atoms with E-state index in [2.05, 4.69) is 5.32 Å². The van der Waals surface area contributed by atoms with E-state index in [1.807, 2.05) is 25.7 Å². The Labute approximate surface area is 147 Å². The summed E-state index contributed by atoms with van der Waals surface area (Å²) >= 11 is 0. The second-order valence-corrected chi connectivity index (χ2v) is 7.73. The van der Waals surface area contributed by atoms with Gasteiger partial charge in [-0.25, -0.2) is 0 Å². The fraction of sp³-hybridized carbons (Fsp3) is 0.556. The van der Waals surface area contributed by atoms with Crippen molar-refractivity contribution in [3.05, 3.63) is 17.7 Å². The van der Waals surface area contributed by atoms with Gasteiger partial charge < -0.3 is 25.5 Å². The molecule has 0 saturated carbocycles. The molecule has 0 aliphatic carbocycles. The van der Waals surface area contributed by atoms with Crippen molar-refractivity contribution in [3.63, 3.8) is 0 Å². The highest BCUT2D eigenvalue weighted by molar-refractivity contribution is 5.95. The lowest BCUT2D eigenvalue weighted by atomic mass is 9.91. The van der Waals surface area contributed by atoms with Crippen LogP contribution in [-0.2, 0) is 4.79 Å². The molecule has 1 aliphatic rings. The zero-order chi connectivity index (χ0) is 18.8. The maximum absolute atomic E-state index is 12.2. The summed E-state index contributed by atoms with van der Waals surface area (Å²) in [5, 5.41) is 31.1. The number of likely N-dealkylation sites (tertiary alicyclic amines) is 1. The number of rotatable bonds is 3. The van der Waals surface area contributed by atoms with Crippen LogP contribution in [0.5, 0.6) is 17.2 Å². The van der Waals surface area contributed by atoms with E-state index in [9.17, 15) is 24.9 Å². The van der Waals surface area contributed by atoms with Gasteiger partial charge in [-0.15, -0.1) is 0 Å². The van der Waals surface area contributed by atoms with Crippen LogP contribution in [0.25, 0.3) is 0 Å². The molecule has 0 unspecified atom stereocenters. The molecule has 1 heterocycles. The number of carbonyl (C=O) groups excluding carboxylic acids is 2. The van der Waals surface area contributed by atoms with Gasteiger partial charge in [0, 0.05) is 31.1 Å². The van der Waals surface area contributed by atoms with E-state index in [0.29, 0.717) is 32.4 Å². The van der Waals surface area contributed by atoms with Crippen molar-refractivity contribution >= 4 is 11.8 Å². The average molecular weight is 350 g/mol. The molecule has 1 aromatic carbocycles. The van der Waals surface area contributed by atoms with Crippen molar-refractivity contribution in [1.82, 2.24) is 10.2 Å². The highest BCUT2D eigenvalue weighted by Crippen LogP contribution is 2.35. The molecule has 2 rings (SSSR count). The van der Waals surface area contributed by atoms with Gasteiger partial charge in [0.25, 0.3) is 5.91 Å². The third-order valence-electron chi connectivity index (χ3n) is 4.20. The van der Waals surface area contributed by atoms with Crippen LogP contribution >= 0.6 is 0 Å². The molecule has 0 aromatic heterocycles. The molecule has 25 heavy (non-hydrogen) atoms. The molecule has 7 heteroatoms. The van der Waals surface area contributed by atoms with Crippen molar-refractivity contribution in [2.24, 2.45) is 5.41 Å². The summed E-state index contributed by atoms with van der Waals surface area (Å²) in [6.45, 7) is 7.26. The first-order valence-electron chi connectivity index (χ1n) is 8.40. The first kappa shape index (κ1) is 18.9. The Morgan fingerprint density at radius 1 is 1.12 bits per heavy atom. The molecule has 2 amide bonds. The van der Waals surface area contributed by atoms with E-state index in [1.54, 1.807) is 0 Å². The number of aromatic hydroxyl groups is 3. The highest BCUT2D eigenvalue weighted by atomic mass is 16.3. The predicted molar refractivity (Wildman–Crippen MR) is 92.6 cm³/mol. The van der Waals surface area contributed by atoms with Crippen LogP contribution in [0.4, 0.5) is 0 Å². The molecule has 0 spiro atoms. The average Bonchev–Trinajstić information content (AvgIpc) is 2.51. The van der Waals surface area contributed by atoms with Crippen LogP contribution < -0.4 is 5.32 Å². The SMILES string of the molecule is CC(C)(C)CC(=O)N1CCC(NC(=O)c2cc(O)c(O)c(O)c2)CC1. The topological polar surface area (TPSA) is 110 Å². The van der Waals surface area contributed by atoms with E-state index < -0.39 is 23.2 Å². The standard InChI is InChI=1S/C18H26N2O5/c1-18(2,3)10-15(23)20-6-4-12(5-7-20)19-17(25)11-8-13(21)16(24)14(22)9-11/h8-9,12,21-22,24H,4-7,10H2,1-3H3,(H,19,25). The van der Waals surface area contributed by atoms with Crippen molar-refractivity contribution in [1.29, 1.82) is 0 Å². The maximum atomic E-state index is 12.2. The number of hydrogen-bond donors (Lipinski definition) is 4. The summed E-state index contributed by atoms with van der Waals surface area (Å²) < 4.78 is 0. The Morgan fingerprint density at radius 2 is 1.64 bits per heavy atom. The van der Waals surface area contributed by atoms with E-state index >= 15 is 0 Å². The molecule has 4 N–H and O–H groups in total. The minimum absolute atomic E-state index is 0.0506. The lowest BCUT2D eigenvalue weighted by molar-refractivity contribution is -0.134. The monoisotopic (exact) mass is 350 g/mol. The molecule has 1 aromatic rings. The Hall–Kier alpha value is -2.44. The van der Waals surface area contributed by atoms with E-state index in [1.165, 1.54) is 0 Å². The normalized spacial score (nSPS) is 15.9. The van der Waals surface area contributed by atoms with Gasteiger partial charge in [0.05, 0.1) is 0 Å². The number of piperidine rings is 1. The summed E-state index contributed by atoms with van der Waals surface area (Å²) in [5.74, 6) is -2.06. The molecule has 0 atom stereocenters. The van der Waals surface area contributed by atoms with Crippen molar-refractivity contribution in [2.75, 3.05) is 13.1 Å². The van der Waals surface area contributed by atoms with Crippen LogP contribution in [0, 0.1) is 5.41 Å². The Kier molecular flexibility index (Phi) is 5.45. The number of carbonyl (C=O) groups is 2. The molecule has 0 radical (unpaired) electrons. The Bertz CT molecular complexity index is 635. The maximum Gasteiger partial charge on any atom is 0.251 e. The zero-order valence-corrected chi connectivity index (χ0v) is 14.9. The van der Waals surface area contributed by atoms with Crippen LogP contribution in [0.1, 0.15) is 50.4 Å². The van der Waals surface area contributed by atoms with Crippen LogP contribution in [0.15, 0.2) is 12.1 Å². The lowest BCUT2D eigenvalue weighted by Crippen LogP contribution is -2.47. The molecule has 1 saturated heterocycles. The number of nitrogens with zero attached hydrogens (tertiary/aromatic N) is 1. The summed E-state index contributed by atoms with van der Waals surface area (Å²) in [7, 11) is 0. The summed E-state index contributed by atoms with van der Waals surface area (Å²) in [6, 6.07) is 2.13. The van der Waals surface area contributed by atoms with Crippen molar-refractivity contribution in [2.45, 2.75) is 46.1 Å². The number of nitrogens with one attached hydrogen (secondary N) is 1. The van der Waals surface area contributed by atoms with E-state index in [-0.39, 0.29) is 22.9 Å². The molecular weight excluding hydrogens is 324 g/mol. The Balaban J connectivity index is 1.90. The van der Waals surface area contributed by atoms with Crippen LogP contribution in [0.3, 0.4) is 0 Å². The van der Waals surface area contributed by atoms with Gasteiger partial charge in [-0.2, -0.15) is 0 Å². The highest BCUT2D eigenvalue weighted by Gasteiger charge is 2.27. The fourth-order valence-corrected chi connectivity index (χ4v) is 2.84. The minimum atomic E-state index is -0.651. The first-order chi connectivity index (χ1) is 11.6. The number of benzene rings is 1. The zero-order valence-electron chi connectivity index (χ0n) is 14.9. The van der Waals surface area contributed by atoms with Crippen LogP contribution in [-0.4, -0.2) is 51.2 Å². The van der Waals surface area contributed by atoms with Gasteiger partial charge in [-0.3, -0.25) is 9.59 Å². The molecular formula is C18H26N2O5. The van der Waals surface area contributed by atoms with Crippen LogP contribution in [0.2, 0.25) is 0 Å². The van der Waals surface area contributed by atoms with Crippen molar-refractivity contribution in [3.8, 4) is 17.2 Å². The van der Waals surface area contributed by atoms with Gasteiger partial charge in [-0.1, -0.05) is 20.8 Å². The van der Waals surface area contributed by atoms with Gasteiger partial charge >= 0.3 is 0 Å². The molecule has 138 valence electrons. The molecule has 7 nitrogen and oxygen atoms in total.